The molecule has 0 aliphatic heterocycles. The number of ether oxygens (including phenoxy) is 1. The van der Waals surface area contributed by atoms with E-state index in [1.807, 2.05) is 20.0 Å². The van der Waals surface area contributed by atoms with Gasteiger partial charge in [-0.15, -0.1) is 13.2 Å². The first-order valence-corrected chi connectivity index (χ1v) is 9.17. The van der Waals surface area contributed by atoms with Crippen LogP contribution in [0.1, 0.15) is 16.8 Å². The Labute approximate surface area is 170 Å². The number of halogens is 3. The van der Waals surface area contributed by atoms with E-state index in [9.17, 15) is 13.2 Å². The number of alkyl halides is 3. The zero-order chi connectivity index (χ0) is 21.3. The van der Waals surface area contributed by atoms with Crippen LogP contribution in [0.25, 0.3) is 22.8 Å². The Hall–Kier alpha value is -3.55. The first-order valence-electron chi connectivity index (χ1n) is 9.17. The molecule has 0 amide bonds. The normalized spacial score (nSPS) is 11.6. The van der Waals surface area contributed by atoms with Crippen LogP contribution in [0.2, 0.25) is 0 Å². The fourth-order valence-electron chi connectivity index (χ4n) is 3.04. The second kappa shape index (κ2) is 7.70. The Morgan fingerprint density at radius 1 is 1.00 bits per heavy atom. The number of hydrogen-bond acceptors (Lipinski definition) is 4. The van der Waals surface area contributed by atoms with E-state index in [1.165, 1.54) is 41.7 Å². The van der Waals surface area contributed by atoms with Crippen molar-refractivity contribution in [2.45, 2.75) is 19.7 Å². The van der Waals surface area contributed by atoms with Gasteiger partial charge >= 0.3 is 6.36 Å². The van der Waals surface area contributed by atoms with Gasteiger partial charge in [-0.1, -0.05) is 29.8 Å². The van der Waals surface area contributed by atoms with Gasteiger partial charge in [0.15, 0.2) is 0 Å². The highest BCUT2D eigenvalue weighted by Gasteiger charge is 2.31. The van der Waals surface area contributed by atoms with Crippen LogP contribution in [0.5, 0.6) is 5.75 Å². The number of nitrogens with zero attached hydrogens (tertiary/aromatic N) is 3. The monoisotopic (exact) mass is 413 g/mol. The Balaban J connectivity index is 1.52. The summed E-state index contributed by atoms with van der Waals surface area (Å²) < 4.78 is 48.1. The summed E-state index contributed by atoms with van der Waals surface area (Å²) in [6, 6.07) is 15.7. The quantitative estimate of drug-likeness (QED) is 0.431. The van der Waals surface area contributed by atoms with Gasteiger partial charge in [0, 0.05) is 24.7 Å². The molecule has 0 fully saturated rings. The predicted octanol–water partition coefficient (Wildman–Crippen LogP) is 5.54. The number of rotatable bonds is 5. The van der Waals surface area contributed by atoms with Crippen molar-refractivity contribution in [3.63, 3.8) is 0 Å². The van der Waals surface area contributed by atoms with E-state index >= 15 is 0 Å². The highest BCUT2D eigenvalue weighted by Crippen LogP contribution is 2.28. The second-order valence-corrected chi connectivity index (χ2v) is 6.92. The second-order valence-electron chi connectivity index (χ2n) is 6.92. The van der Waals surface area contributed by atoms with E-state index in [0.29, 0.717) is 22.8 Å². The molecular weight excluding hydrogens is 395 g/mol. The first kappa shape index (κ1) is 19.8. The number of aromatic nitrogens is 3. The third kappa shape index (κ3) is 4.53. The van der Waals surface area contributed by atoms with Crippen LogP contribution < -0.4 is 4.74 Å². The summed E-state index contributed by atoms with van der Waals surface area (Å²) in [4.78, 5) is 4.42. The molecule has 2 heterocycles. The average molecular weight is 413 g/mol. The molecule has 8 heteroatoms. The molecule has 0 N–H and O–H groups in total. The molecule has 0 aliphatic rings. The van der Waals surface area contributed by atoms with E-state index in [-0.39, 0.29) is 5.75 Å². The van der Waals surface area contributed by atoms with Crippen molar-refractivity contribution in [3.8, 4) is 28.6 Å². The average Bonchev–Trinajstić information content (AvgIpc) is 3.30. The van der Waals surface area contributed by atoms with Gasteiger partial charge < -0.3 is 9.15 Å². The Morgan fingerprint density at radius 3 is 2.37 bits per heavy atom. The van der Waals surface area contributed by atoms with E-state index in [0.717, 1.165) is 12.1 Å². The topological polar surface area (TPSA) is 53.1 Å². The van der Waals surface area contributed by atoms with Crippen molar-refractivity contribution >= 4 is 0 Å². The van der Waals surface area contributed by atoms with Gasteiger partial charge in [-0.05, 0) is 42.8 Å². The standard InChI is InChI=1S/C22H18F3N3O2/c1-14-3-5-15(6-4-14)11-17-12-19(27-28(17)2)21-26-20(13-29-21)16-7-9-18(10-8-16)30-22(23,24)25/h3-10,12-13H,11H2,1-2H3. The van der Waals surface area contributed by atoms with Gasteiger partial charge in [0.1, 0.15) is 23.4 Å². The van der Waals surface area contributed by atoms with Crippen molar-refractivity contribution in [2.75, 3.05) is 0 Å². The lowest BCUT2D eigenvalue weighted by Gasteiger charge is -2.08. The fraction of sp³-hybridized carbons (Fsp3) is 0.182. The smallest absolute Gasteiger partial charge is 0.443 e. The number of aryl methyl sites for hydroxylation is 2. The van der Waals surface area contributed by atoms with Gasteiger partial charge in [0.2, 0.25) is 5.89 Å². The van der Waals surface area contributed by atoms with Gasteiger partial charge in [-0.3, -0.25) is 4.68 Å². The molecule has 4 rings (SSSR count). The predicted molar refractivity (Wildman–Crippen MR) is 105 cm³/mol. The minimum atomic E-state index is -4.72. The number of hydrogen-bond donors (Lipinski definition) is 0. The van der Waals surface area contributed by atoms with Crippen LogP contribution in [0.15, 0.2) is 65.3 Å². The number of benzene rings is 2. The maximum absolute atomic E-state index is 12.3. The van der Waals surface area contributed by atoms with Gasteiger partial charge in [0.05, 0.1) is 0 Å². The zero-order valence-corrected chi connectivity index (χ0v) is 16.3. The van der Waals surface area contributed by atoms with Crippen LogP contribution in [0.3, 0.4) is 0 Å². The van der Waals surface area contributed by atoms with E-state index in [2.05, 4.69) is 39.1 Å². The Morgan fingerprint density at radius 2 is 1.70 bits per heavy atom. The van der Waals surface area contributed by atoms with Crippen molar-refractivity contribution in [1.29, 1.82) is 0 Å². The van der Waals surface area contributed by atoms with Crippen molar-refractivity contribution in [1.82, 2.24) is 14.8 Å². The molecule has 0 bridgehead atoms. The first-order chi connectivity index (χ1) is 14.3. The molecule has 4 aromatic rings. The third-order valence-electron chi connectivity index (χ3n) is 4.59. The molecule has 154 valence electrons. The molecule has 5 nitrogen and oxygen atoms in total. The van der Waals surface area contributed by atoms with E-state index < -0.39 is 6.36 Å². The summed E-state index contributed by atoms with van der Waals surface area (Å²) in [5.74, 6) is 0.0480. The van der Waals surface area contributed by atoms with Crippen molar-refractivity contribution in [2.24, 2.45) is 7.05 Å². The van der Waals surface area contributed by atoms with E-state index in [4.69, 9.17) is 4.42 Å². The summed E-state index contributed by atoms with van der Waals surface area (Å²) in [6.07, 6.45) is -2.56. The molecule has 0 atom stereocenters. The molecule has 0 unspecified atom stereocenters. The maximum Gasteiger partial charge on any atom is 0.573 e. The Kier molecular flexibility index (Phi) is 5.07. The maximum atomic E-state index is 12.3. The molecule has 2 aromatic heterocycles. The minimum Gasteiger partial charge on any atom is -0.443 e. The van der Waals surface area contributed by atoms with Gasteiger partial charge in [-0.2, -0.15) is 5.10 Å². The lowest BCUT2D eigenvalue weighted by molar-refractivity contribution is -0.274. The van der Waals surface area contributed by atoms with Crippen LogP contribution in [0, 0.1) is 6.92 Å². The summed E-state index contributed by atoms with van der Waals surface area (Å²) in [7, 11) is 1.86. The minimum absolute atomic E-state index is 0.291. The van der Waals surface area contributed by atoms with Crippen molar-refractivity contribution in [3.05, 3.63) is 77.7 Å². The molecule has 0 radical (unpaired) electrons. The van der Waals surface area contributed by atoms with Gasteiger partial charge in [-0.25, -0.2) is 4.98 Å². The number of oxazole rings is 1. The lowest BCUT2D eigenvalue weighted by atomic mass is 10.1. The third-order valence-corrected chi connectivity index (χ3v) is 4.59. The SMILES string of the molecule is Cc1ccc(Cc2cc(-c3nc(-c4ccc(OC(F)(F)F)cc4)co3)nn2C)cc1. The summed E-state index contributed by atoms with van der Waals surface area (Å²) in [5.41, 5.74) is 5.06. The molecule has 0 saturated heterocycles. The zero-order valence-electron chi connectivity index (χ0n) is 16.3. The summed E-state index contributed by atoms with van der Waals surface area (Å²) >= 11 is 0. The molecule has 30 heavy (non-hydrogen) atoms. The molecule has 2 aromatic carbocycles. The lowest BCUT2D eigenvalue weighted by Crippen LogP contribution is -2.16. The molecule has 0 spiro atoms. The van der Waals surface area contributed by atoms with Crippen LogP contribution >= 0.6 is 0 Å². The summed E-state index contributed by atoms with van der Waals surface area (Å²) in [6.45, 7) is 2.04. The molecule has 0 aliphatic carbocycles. The largest absolute Gasteiger partial charge is 0.573 e. The van der Waals surface area contributed by atoms with Crippen LogP contribution in [0.4, 0.5) is 13.2 Å². The highest BCUT2D eigenvalue weighted by atomic mass is 19.4. The van der Waals surface area contributed by atoms with E-state index in [1.54, 1.807) is 4.68 Å². The van der Waals surface area contributed by atoms with Crippen LogP contribution in [-0.2, 0) is 13.5 Å². The van der Waals surface area contributed by atoms with Crippen molar-refractivity contribution < 1.29 is 22.3 Å². The van der Waals surface area contributed by atoms with Gasteiger partial charge in [0.25, 0.3) is 0 Å². The summed E-state index contributed by atoms with van der Waals surface area (Å²) in [5, 5.41) is 4.47. The Bertz CT molecular complexity index is 1140. The highest BCUT2D eigenvalue weighted by molar-refractivity contribution is 5.62. The molecule has 0 saturated carbocycles. The van der Waals surface area contributed by atoms with Crippen LogP contribution in [-0.4, -0.2) is 21.1 Å². The fourth-order valence-corrected chi connectivity index (χ4v) is 3.04. The molecular formula is C22H18F3N3O2.